The Bertz CT molecular complexity index is 534. The molecule has 6 nitrogen and oxygen atoms in total. The van der Waals surface area contributed by atoms with E-state index in [1.165, 1.54) is 12.1 Å². The molecule has 19 heavy (non-hydrogen) atoms. The van der Waals surface area contributed by atoms with Gasteiger partial charge in [-0.25, -0.2) is 0 Å². The zero-order valence-electron chi connectivity index (χ0n) is 10.2. The summed E-state index contributed by atoms with van der Waals surface area (Å²) in [6.45, 7) is 2.04. The first kappa shape index (κ1) is 13.3. The lowest BCUT2D eigenvalue weighted by atomic mass is 10.0. The Morgan fingerprint density at radius 3 is 2.79 bits per heavy atom. The van der Waals surface area contributed by atoms with E-state index in [4.69, 9.17) is 5.11 Å². The number of nitro groups is 1. The van der Waals surface area contributed by atoms with Gasteiger partial charge in [-0.15, -0.1) is 0 Å². The topological polar surface area (TPSA) is 83.7 Å². The summed E-state index contributed by atoms with van der Waals surface area (Å²) in [5.74, 6) is -2.44. The van der Waals surface area contributed by atoms with Crippen LogP contribution < -0.4 is 4.90 Å². The number of carbonyl (C=O) groups is 1. The second-order valence-electron chi connectivity index (χ2n) is 4.53. The van der Waals surface area contributed by atoms with Crippen LogP contribution in [-0.2, 0) is 4.79 Å². The van der Waals surface area contributed by atoms with Gasteiger partial charge in [0.25, 0.3) is 0 Å². The van der Waals surface area contributed by atoms with E-state index in [0.29, 0.717) is 13.0 Å². The highest BCUT2D eigenvalue weighted by Crippen LogP contribution is 2.37. The molecule has 1 fully saturated rings. The number of anilines is 1. The fourth-order valence-corrected chi connectivity index (χ4v) is 2.53. The summed E-state index contributed by atoms with van der Waals surface area (Å²) in [5, 5.41) is 20.0. The average Bonchev–Trinajstić information content (AvgIpc) is 2.70. The second kappa shape index (κ2) is 4.83. The van der Waals surface area contributed by atoms with Crippen LogP contribution in [-0.4, -0.2) is 28.6 Å². The smallest absolute Gasteiger partial charge is 0.327 e. The number of benzene rings is 1. The van der Waals surface area contributed by atoms with Gasteiger partial charge in [-0.2, -0.15) is 4.39 Å². The van der Waals surface area contributed by atoms with E-state index in [1.54, 1.807) is 11.8 Å². The first-order chi connectivity index (χ1) is 8.93. The molecule has 0 spiro atoms. The summed E-state index contributed by atoms with van der Waals surface area (Å²) in [6.07, 6.45) is 0.393. The van der Waals surface area contributed by atoms with Crippen molar-refractivity contribution >= 4 is 17.3 Å². The maximum absolute atomic E-state index is 13.6. The molecule has 0 saturated carbocycles. The van der Waals surface area contributed by atoms with Crippen LogP contribution in [0.3, 0.4) is 0 Å². The van der Waals surface area contributed by atoms with Crippen LogP contribution in [0.5, 0.6) is 0 Å². The van der Waals surface area contributed by atoms with Crippen LogP contribution in [0, 0.1) is 21.8 Å². The summed E-state index contributed by atoms with van der Waals surface area (Å²) in [6, 6.07) is 3.45. The number of para-hydroxylation sites is 1. The third kappa shape index (κ3) is 2.23. The van der Waals surface area contributed by atoms with Gasteiger partial charge in [0.05, 0.1) is 10.8 Å². The van der Waals surface area contributed by atoms with Crippen molar-refractivity contribution in [3.05, 3.63) is 34.1 Å². The van der Waals surface area contributed by atoms with Crippen molar-refractivity contribution in [2.45, 2.75) is 19.4 Å². The van der Waals surface area contributed by atoms with Crippen LogP contribution >= 0.6 is 0 Å². The van der Waals surface area contributed by atoms with Crippen molar-refractivity contribution in [1.29, 1.82) is 0 Å². The van der Waals surface area contributed by atoms with Crippen molar-refractivity contribution in [2.75, 3.05) is 11.4 Å². The summed E-state index contributed by atoms with van der Waals surface area (Å²) in [7, 11) is 0. The predicted molar refractivity (Wildman–Crippen MR) is 65.6 cm³/mol. The zero-order chi connectivity index (χ0) is 14.2. The minimum atomic E-state index is -0.936. The monoisotopic (exact) mass is 268 g/mol. The van der Waals surface area contributed by atoms with Gasteiger partial charge < -0.3 is 10.0 Å². The predicted octanol–water partition coefficient (Wildman–Crippen LogP) is 2.03. The molecule has 1 aliphatic heterocycles. The van der Waals surface area contributed by atoms with Gasteiger partial charge >= 0.3 is 11.7 Å². The highest BCUT2D eigenvalue weighted by molar-refractivity contribution is 5.74. The average molecular weight is 268 g/mol. The fraction of sp³-hybridized carbons (Fsp3) is 0.417. The summed E-state index contributed by atoms with van der Waals surface area (Å²) in [5.41, 5.74) is -0.457. The number of rotatable bonds is 3. The fourth-order valence-electron chi connectivity index (χ4n) is 2.53. The Balaban J connectivity index is 2.41. The second-order valence-corrected chi connectivity index (χ2v) is 4.53. The standard InChI is InChI=1S/C12H13FN2O4/c1-7-8(12(16)17)5-6-14(7)10-4-2-3-9(13)11(10)15(18)19/h2-4,7-8H,5-6H2,1H3,(H,16,17). The highest BCUT2D eigenvalue weighted by atomic mass is 19.1. The van der Waals surface area contributed by atoms with Crippen molar-refractivity contribution in [3.8, 4) is 0 Å². The van der Waals surface area contributed by atoms with Crippen LogP contribution in [0.4, 0.5) is 15.8 Å². The van der Waals surface area contributed by atoms with E-state index in [1.807, 2.05) is 0 Å². The highest BCUT2D eigenvalue weighted by Gasteiger charge is 2.38. The number of hydrogen-bond acceptors (Lipinski definition) is 4. The molecular formula is C12H13FN2O4. The minimum Gasteiger partial charge on any atom is -0.481 e. The molecule has 1 aromatic carbocycles. The molecule has 1 aromatic rings. The van der Waals surface area contributed by atoms with E-state index < -0.39 is 34.4 Å². The number of hydrogen-bond donors (Lipinski definition) is 1. The Morgan fingerprint density at radius 2 is 2.26 bits per heavy atom. The van der Waals surface area contributed by atoms with Gasteiger partial charge in [-0.3, -0.25) is 14.9 Å². The maximum Gasteiger partial charge on any atom is 0.327 e. The molecule has 0 bridgehead atoms. The zero-order valence-corrected chi connectivity index (χ0v) is 10.2. The molecule has 2 atom stereocenters. The molecule has 7 heteroatoms. The Kier molecular flexibility index (Phi) is 3.37. The first-order valence-corrected chi connectivity index (χ1v) is 5.86. The lowest BCUT2D eigenvalue weighted by Crippen LogP contribution is -2.33. The quantitative estimate of drug-likeness (QED) is 0.669. The van der Waals surface area contributed by atoms with Gasteiger partial charge in [0.2, 0.25) is 5.82 Å². The molecule has 102 valence electrons. The van der Waals surface area contributed by atoms with Crippen molar-refractivity contribution < 1.29 is 19.2 Å². The molecule has 0 amide bonds. The SMILES string of the molecule is CC1C(C(=O)O)CCN1c1cccc(F)c1[N+](=O)[O-]. The van der Waals surface area contributed by atoms with Gasteiger partial charge in [0.15, 0.2) is 0 Å². The molecule has 0 radical (unpaired) electrons. The Hall–Kier alpha value is -2.18. The lowest BCUT2D eigenvalue weighted by Gasteiger charge is -2.25. The molecule has 2 unspecified atom stereocenters. The van der Waals surface area contributed by atoms with Crippen LogP contribution in [0.1, 0.15) is 13.3 Å². The van der Waals surface area contributed by atoms with Crippen LogP contribution in [0.25, 0.3) is 0 Å². The van der Waals surface area contributed by atoms with E-state index in [0.717, 1.165) is 6.07 Å². The number of carboxylic acid groups (broad SMARTS) is 1. The van der Waals surface area contributed by atoms with Crippen LogP contribution in [0.2, 0.25) is 0 Å². The number of halogens is 1. The number of nitro benzene ring substituents is 1. The first-order valence-electron chi connectivity index (χ1n) is 5.86. The summed E-state index contributed by atoms with van der Waals surface area (Å²) < 4.78 is 13.6. The number of aliphatic carboxylic acids is 1. The molecule has 0 aliphatic carbocycles. The summed E-state index contributed by atoms with van der Waals surface area (Å²) >= 11 is 0. The molecule has 1 heterocycles. The lowest BCUT2D eigenvalue weighted by molar-refractivity contribution is -0.386. The Labute approximate surface area is 108 Å². The van der Waals surface area contributed by atoms with E-state index in [9.17, 15) is 19.3 Å². The van der Waals surface area contributed by atoms with Crippen molar-refractivity contribution in [1.82, 2.24) is 0 Å². The van der Waals surface area contributed by atoms with Crippen molar-refractivity contribution in [3.63, 3.8) is 0 Å². The van der Waals surface area contributed by atoms with E-state index in [-0.39, 0.29) is 5.69 Å². The molecule has 1 saturated heterocycles. The number of carboxylic acids is 1. The normalized spacial score (nSPS) is 22.5. The molecular weight excluding hydrogens is 255 g/mol. The molecule has 1 N–H and O–H groups in total. The van der Waals surface area contributed by atoms with E-state index in [2.05, 4.69) is 0 Å². The largest absolute Gasteiger partial charge is 0.481 e. The Morgan fingerprint density at radius 1 is 1.58 bits per heavy atom. The van der Waals surface area contributed by atoms with Gasteiger partial charge in [-0.05, 0) is 25.5 Å². The van der Waals surface area contributed by atoms with Gasteiger partial charge in [0, 0.05) is 12.6 Å². The van der Waals surface area contributed by atoms with Gasteiger partial charge in [-0.1, -0.05) is 6.07 Å². The third-order valence-corrected chi connectivity index (χ3v) is 3.53. The van der Waals surface area contributed by atoms with Gasteiger partial charge in [0.1, 0.15) is 5.69 Å². The molecule has 1 aliphatic rings. The number of nitrogens with zero attached hydrogens (tertiary/aromatic N) is 2. The molecule has 0 aromatic heterocycles. The summed E-state index contributed by atoms with van der Waals surface area (Å²) in [4.78, 5) is 22.8. The third-order valence-electron chi connectivity index (χ3n) is 3.53. The maximum atomic E-state index is 13.6. The molecule has 2 rings (SSSR count). The van der Waals surface area contributed by atoms with Crippen molar-refractivity contribution in [2.24, 2.45) is 5.92 Å². The minimum absolute atomic E-state index is 0.140. The van der Waals surface area contributed by atoms with Crippen LogP contribution in [0.15, 0.2) is 18.2 Å². The van der Waals surface area contributed by atoms with E-state index >= 15 is 0 Å².